The van der Waals surface area contributed by atoms with Gasteiger partial charge in [0.1, 0.15) is 6.07 Å². The van der Waals surface area contributed by atoms with Crippen molar-refractivity contribution >= 4 is 0 Å². The van der Waals surface area contributed by atoms with E-state index in [1.807, 2.05) is 6.07 Å². The molecular weight excluding hydrogens is 156 g/mol. The molecule has 1 fully saturated rings. The number of rotatable bonds is 1. The normalized spacial score (nSPS) is 27.2. The molecule has 4 heteroatoms. The molecule has 0 amide bonds. The number of hydrogen-bond donors (Lipinski definition) is 0. The van der Waals surface area contributed by atoms with E-state index < -0.39 is 21.3 Å². The molecule has 0 aromatic rings. The van der Waals surface area contributed by atoms with Crippen molar-refractivity contribution in [2.45, 2.75) is 33.2 Å². The third-order valence-electron chi connectivity index (χ3n) is 3.74. The average Bonchev–Trinajstić information content (AvgIpc) is 2.21. The van der Waals surface area contributed by atoms with E-state index in [1.165, 1.54) is 0 Å². The van der Waals surface area contributed by atoms with Crippen molar-refractivity contribution in [1.82, 2.24) is 0 Å². The van der Waals surface area contributed by atoms with E-state index >= 15 is 0 Å². The van der Waals surface area contributed by atoms with Crippen molar-refractivity contribution in [3.05, 3.63) is 10.1 Å². The summed E-state index contributed by atoms with van der Waals surface area (Å²) in [6.45, 7) is 7.05. The lowest BCUT2D eigenvalue weighted by atomic mass is 10.0. The Morgan fingerprint density at radius 1 is 1.25 bits per heavy atom. The standard InChI is InChI=1S/C8H12N2O2/c1-6(2)7(3,4)8(6,5-9)10(11)12/h1-4H3. The van der Waals surface area contributed by atoms with Crippen LogP contribution in [0, 0.1) is 32.3 Å². The van der Waals surface area contributed by atoms with Crippen molar-refractivity contribution in [3.63, 3.8) is 0 Å². The van der Waals surface area contributed by atoms with E-state index in [0.29, 0.717) is 0 Å². The molecule has 1 aliphatic rings. The largest absolute Gasteiger partial charge is 0.316 e. The lowest BCUT2D eigenvalue weighted by molar-refractivity contribution is -0.535. The summed E-state index contributed by atoms with van der Waals surface area (Å²) >= 11 is 0. The lowest BCUT2D eigenvalue weighted by Gasteiger charge is -2.01. The molecule has 0 N–H and O–H groups in total. The summed E-state index contributed by atoms with van der Waals surface area (Å²) < 4.78 is 0. The molecule has 0 heterocycles. The second kappa shape index (κ2) is 1.79. The van der Waals surface area contributed by atoms with E-state index in [1.54, 1.807) is 27.7 Å². The summed E-state index contributed by atoms with van der Waals surface area (Å²) in [6.07, 6.45) is 0. The van der Waals surface area contributed by atoms with Gasteiger partial charge in [-0.15, -0.1) is 0 Å². The molecule has 0 saturated heterocycles. The highest BCUT2D eigenvalue weighted by Gasteiger charge is 2.89. The lowest BCUT2D eigenvalue weighted by Crippen LogP contribution is -2.27. The van der Waals surface area contributed by atoms with Gasteiger partial charge >= 0.3 is 5.54 Å². The van der Waals surface area contributed by atoms with Gasteiger partial charge in [0.05, 0.1) is 10.8 Å². The van der Waals surface area contributed by atoms with Crippen LogP contribution in [0.25, 0.3) is 0 Å². The Morgan fingerprint density at radius 3 is 1.58 bits per heavy atom. The maximum Gasteiger partial charge on any atom is 0.316 e. The Balaban J connectivity index is 3.23. The summed E-state index contributed by atoms with van der Waals surface area (Å²) in [5, 5.41) is 19.5. The second-order valence-corrected chi connectivity index (χ2v) is 4.33. The van der Waals surface area contributed by atoms with Crippen molar-refractivity contribution in [3.8, 4) is 6.07 Å². The van der Waals surface area contributed by atoms with Gasteiger partial charge in [-0.05, 0) is 0 Å². The van der Waals surface area contributed by atoms with Gasteiger partial charge in [-0.25, -0.2) is 0 Å². The molecule has 12 heavy (non-hydrogen) atoms. The maximum absolute atomic E-state index is 10.7. The Kier molecular flexibility index (Phi) is 1.34. The van der Waals surface area contributed by atoms with Gasteiger partial charge in [0.15, 0.2) is 0 Å². The van der Waals surface area contributed by atoms with Crippen LogP contribution in [0.1, 0.15) is 27.7 Å². The van der Waals surface area contributed by atoms with Gasteiger partial charge in [-0.1, -0.05) is 27.7 Å². The fraction of sp³-hybridized carbons (Fsp3) is 0.875. The van der Waals surface area contributed by atoms with Crippen LogP contribution < -0.4 is 0 Å². The molecular formula is C8H12N2O2. The van der Waals surface area contributed by atoms with Crippen LogP contribution >= 0.6 is 0 Å². The van der Waals surface area contributed by atoms with Gasteiger partial charge in [-0.3, -0.25) is 10.1 Å². The van der Waals surface area contributed by atoms with Crippen molar-refractivity contribution < 1.29 is 4.92 Å². The first-order chi connectivity index (χ1) is 5.25. The van der Waals surface area contributed by atoms with E-state index in [2.05, 4.69) is 0 Å². The monoisotopic (exact) mass is 168 g/mol. The summed E-state index contributed by atoms with van der Waals surface area (Å²) in [5.41, 5.74) is -2.45. The van der Waals surface area contributed by atoms with Gasteiger partial charge in [-0.2, -0.15) is 5.26 Å². The molecule has 0 spiro atoms. The first-order valence-electron chi connectivity index (χ1n) is 3.81. The average molecular weight is 168 g/mol. The maximum atomic E-state index is 10.7. The highest BCUT2D eigenvalue weighted by molar-refractivity contribution is 5.35. The van der Waals surface area contributed by atoms with Gasteiger partial charge in [0.25, 0.3) is 0 Å². The molecule has 0 radical (unpaired) electrons. The van der Waals surface area contributed by atoms with Crippen LogP contribution in [0.4, 0.5) is 0 Å². The zero-order valence-electron chi connectivity index (χ0n) is 7.71. The topological polar surface area (TPSA) is 66.9 Å². The molecule has 0 aromatic heterocycles. The minimum Gasteiger partial charge on any atom is -0.263 e. The van der Waals surface area contributed by atoms with E-state index in [-0.39, 0.29) is 0 Å². The summed E-state index contributed by atoms with van der Waals surface area (Å²) in [5.74, 6) is 0. The highest BCUT2D eigenvalue weighted by atomic mass is 16.6. The smallest absolute Gasteiger partial charge is 0.263 e. The van der Waals surface area contributed by atoms with Crippen molar-refractivity contribution in [2.75, 3.05) is 0 Å². The molecule has 0 aromatic carbocycles. The quantitative estimate of drug-likeness (QED) is 0.441. The Bertz CT molecular complexity index is 272. The van der Waals surface area contributed by atoms with E-state index in [4.69, 9.17) is 5.26 Å². The fourth-order valence-corrected chi connectivity index (χ4v) is 2.06. The van der Waals surface area contributed by atoms with Gasteiger partial charge < -0.3 is 0 Å². The highest BCUT2D eigenvalue weighted by Crippen LogP contribution is 2.72. The molecule has 0 atom stereocenters. The fourth-order valence-electron chi connectivity index (χ4n) is 2.06. The van der Waals surface area contributed by atoms with Gasteiger partial charge in [0.2, 0.25) is 0 Å². The molecule has 0 aliphatic heterocycles. The summed E-state index contributed by atoms with van der Waals surface area (Å²) in [6, 6.07) is 1.83. The molecule has 1 aliphatic carbocycles. The predicted molar refractivity (Wildman–Crippen MR) is 42.9 cm³/mol. The zero-order valence-corrected chi connectivity index (χ0v) is 7.71. The number of hydrogen-bond acceptors (Lipinski definition) is 3. The summed E-state index contributed by atoms with van der Waals surface area (Å²) in [4.78, 5) is 10.3. The Labute approximate surface area is 71.3 Å². The van der Waals surface area contributed by atoms with E-state index in [9.17, 15) is 10.1 Å². The SMILES string of the molecule is CC1(C)C(C)(C)C1(C#N)[N+](=O)[O-]. The number of nitro groups is 1. The third kappa shape index (κ3) is 0.512. The molecule has 1 rings (SSSR count). The molecule has 66 valence electrons. The molecule has 1 saturated carbocycles. The zero-order chi connectivity index (χ0) is 9.78. The van der Waals surface area contributed by atoms with Crippen LogP contribution in [0.2, 0.25) is 0 Å². The van der Waals surface area contributed by atoms with Crippen molar-refractivity contribution in [2.24, 2.45) is 10.8 Å². The number of nitrogens with zero attached hydrogens (tertiary/aromatic N) is 2. The first-order valence-corrected chi connectivity index (χ1v) is 3.81. The number of nitriles is 1. The minimum atomic E-state index is -1.39. The van der Waals surface area contributed by atoms with Crippen LogP contribution in [-0.2, 0) is 0 Å². The molecule has 0 unspecified atom stereocenters. The summed E-state index contributed by atoms with van der Waals surface area (Å²) in [7, 11) is 0. The van der Waals surface area contributed by atoms with Crippen LogP contribution in [0.15, 0.2) is 0 Å². The van der Waals surface area contributed by atoms with Crippen LogP contribution in [0.3, 0.4) is 0 Å². The second-order valence-electron chi connectivity index (χ2n) is 4.33. The van der Waals surface area contributed by atoms with Crippen molar-refractivity contribution in [1.29, 1.82) is 5.26 Å². The minimum absolute atomic E-state index is 0.451. The van der Waals surface area contributed by atoms with Gasteiger partial charge in [0, 0.05) is 4.92 Å². The molecule has 4 nitrogen and oxygen atoms in total. The van der Waals surface area contributed by atoms with E-state index in [0.717, 1.165) is 0 Å². The Morgan fingerprint density at radius 2 is 1.58 bits per heavy atom. The van der Waals surface area contributed by atoms with Crippen LogP contribution in [0.5, 0.6) is 0 Å². The molecule has 0 bridgehead atoms. The third-order valence-corrected chi connectivity index (χ3v) is 3.74. The first kappa shape index (κ1) is 8.98. The Hall–Kier alpha value is -1.11. The van der Waals surface area contributed by atoms with Crippen LogP contribution in [-0.4, -0.2) is 10.5 Å². The predicted octanol–water partition coefficient (Wildman–Crippen LogP) is 1.59.